The maximum absolute atomic E-state index is 14.3. The molecule has 3 aliphatic heterocycles. The number of likely N-dealkylation sites (tertiary alicyclic amines) is 1. The average molecular weight is 957 g/mol. The highest BCUT2D eigenvalue weighted by Gasteiger charge is 2.48. The number of thioether (sulfide) groups is 1. The van der Waals surface area contributed by atoms with Crippen molar-refractivity contribution in [1.29, 1.82) is 0 Å². The van der Waals surface area contributed by atoms with Crippen LogP contribution in [0.25, 0.3) is 11.1 Å². The Hall–Kier alpha value is -4.27. The van der Waals surface area contributed by atoms with Gasteiger partial charge in [0.2, 0.25) is 0 Å². The summed E-state index contributed by atoms with van der Waals surface area (Å²) in [5.41, 5.74) is -1.35. The molecule has 8 rings (SSSR count). The standard InChI is InChI=1S/C45H49ClF3N7O5S3/c46-34-12-10-32(11-13-34)39-9-5-4-6-33(39)27-55-20-17-36(18-21-55)56-28-40-42(29-56)50-31-51-44(40)53-64(59,60)38-14-15-41(43(26-38)63(57,58)45(47,48)49)52-35(16-19-54-22-24-61-25-23-54)30-62-37-7-2-1-3-8-37/h1-15,26,31,35-36,52H,16-25,27-30H2,(H,50,51,53). The molecule has 2 saturated heterocycles. The van der Waals surface area contributed by atoms with Crippen LogP contribution in [-0.4, -0.2) is 111 Å². The van der Waals surface area contributed by atoms with Crippen molar-refractivity contribution in [3.63, 3.8) is 0 Å². The van der Waals surface area contributed by atoms with Crippen molar-refractivity contribution in [3.05, 3.63) is 125 Å². The van der Waals surface area contributed by atoms with E-state index in [1.54, 1.807) is 0 Å². The van der Waals surface area contributed by atoms with E-state index in [9.17, 15) is 30.0 Å². The lowest BCUT2D eigenvalue weighted by molar-refractivity contribution is -0.0435. The molecule has 2 N–H and O–H groups in total. The monoisotopic (exact) mass is 955 g/mol. The smallest absolute Gasteiger partial charge is 0.380 e. The van der Waals surface area contributed by atoms with Gasteiger partial charge in [0.05, 0.1) is 29.5 Å². The summed E-state index contributed by atoms with van der Waals surface area (Å²) in [6.45, 7) is 6.44. The third kappa shape index (κ3) is 11.0. The van der Waals surface area contributed by atoms with Crippen LogP contribution in [0.1, 0.15) is 36.1 Å². The molecular weight excluding hydrogens is 907 g/mol. The molecule has 12 nitrogen and oxygen atoms in total. The molecule has 0 radical (unpaired) electrons. The van der Waals surface area contributed by atoms with E-state index in [1.807, 2.05) is 66.7 Å². The first-order valence-corrected chi connectivity index (χ1v) is 25.4. The summed E-state index contributed by atoms with van der Waals surface area (Å²) >= 11 is 7.62. The summed E-state index contributed by atoms with van der Waals surface area (Å²) in [6, 6.07) is 28.1. The molecule has 4 heterocycles. The molecule has 1 aromatic heterocycles. The van der Waals surface area contributed by atoms with Crippen molar-refractivity contribution in [3.8, 4) is 11.1 Å². The van der Waals surface area contributed by atoms with Gasteiger partial charge in [-0.05, 0) is 91.5 Å². The Labute approximate surface area is 381 Å². The lowest BCUT2D eigenvalue weighted by Gasteiger charge is -2.36. The van der Waals surface area contributed by atoms with Gasteiger partial charge in [-0.3, -0.25) is 19.4 Å². The number of nitrogens with zero attached hydrogens (tertiary/aromatic N) is 5. The number of aromatic nitrogens is 2. The highest BCUT2D eigenvalue weighted by Crippen LogP contribution is 2.38. The van der Waals surface area contributed by atoms with E-state index in [0.29, 0.717) is 80.5 Å². The zero-order valence-electron chi connectivity index (χ0n) is 34.9. The van der Waals surface area contributed by atoms with Gasteiger partial charge in [0, 0.05) is 72.6 Å². The fraction of sp³-hybridized carbons (Fsp3) is 0.378. The molecule has 5 aromatic rings. The number of hydrogen-bond acceptors (Lipinski definition) is 12. The SMILES string of the molecule is O=S(=O)(Nc1ncnc2c1CN(C1CCN(Cc3ccccc3-c3ccc(Cl)cc3)CC1)C2)c1ccc(NC(CCN2CCOCC2)CSc2ccccc2)c(S(=O)(=O)C(F)(F)F)c1. The van der Waals surface area contributed by atoms with Gasteiger partial charge < -0.3 is 10.1 Å². The van der Waals surface area contributed by atoms with Crippen LogP contribution < -0.4 is 10.0 Å². The molecule has 0 bridgehead atoms. The maximum atomic E-state index is 14.3. The van der Waals surface area contributed by atoms with Gasteiger partial charge in [0.25, 0.3) is 19.9 Å². The summed E-state index contributed by atoms with van der Waals surface area (Å²) < 4.78 is 105. The highest BCUT2D eigenvalue weighted by atomic mass is 35.5. The van der Waals surface area contributed by atoms with Crippen molar-refractivity contribution in [2.75, 3.05) is 61.7 Å². The second kappa shape index (κ2) is 20.1. The van der Waals surface area contributed by atoms with Crippen LogP contribution in [0.3, 0.4) is 0 Å². The average Bonchev–Trinajstić information content (AvgIpc) is 3.74. The van der Waals surface area contributed by atoms with Crippen molar-refractivity contribution >= 4 is 54.7 Å². The van der Waals surface area contributed by atoms with E-state index in [-0.39, 0.29) is 17.5 Å². The lowest BCUT2D eigenvalue weighted by Crippen LogP contribution is -2.42. The number of alkyl halides is 3. The zero-order chi connectivity index (χ0) is 44.9. The van der Waals surface area contributed by atoms with Crippen LogP contribution in [0.4, 0.5) is 24.7 Å². The third-order valence-electron chi connectivity index (χ3n) is 11.9. The number of piperidine rings is 1. The van der Waals surface area contributed by atoms with E-state index >= 15 is 0 Å². The number of hydrogen-bond donors (Lipinski definition) is 2. The van der Waals surface area contributed by atoms with Gasteiger partial charge in [0.1, 0.15) is 17.0 Å². The van der Waals surface area contributed by atoms with Crippen LogP contribution in [0, 0.1) is 0 Å². The number of nitrogens with one attached hydrogen (secondary N) is 2. The molecule has 64 heavy (non-hydrogen) atoms. The molecule has 4 aromatic carbocycles. The van der Waals surface area contributed by atoms with Gasteiger partial charge in [-0.15, -0.1) is 11.8 Å². The second-order valence-corrected chi connectivity index (χ2v) is 21.3. The summed E-state index contributed by atoms with van der Waals surface area (Å²) in [7, 11) is -10.6. The van der Waals surface area contributed by atoms with Gasteiger partial charge in [-0.25, -0.2) is 26.8 Å². The van der Waals surface area contributed by atoms with E-state index in [2.05, 4.69) is 46.8 Å². The Morgan fingerprint density at radius 2 is 1.56 bits per heavy atom. The van der Waals surface area contributed by atoms with Crippen LogP contribution in [0.5, 0.6) is 0 Å². The maximum Gasteiger partial charge on any atom is 0.501 e. The summed E-state index contributed by atoms with van der Waals surface area (Å²) in [5, 5.41) is 3.74. The quantitative estimate of drug-likeness (QED) is 0.0924. The van der Waals surface area contributed by atoms with Gasteiger partial charge in [-0.2, -0.15) is 13.2 Å². The van der Waals surface area contributed by atoms with E-state index in [1.165, 1.54) is 23.7 Å². The summed E-state index contributed by atoms with van der Waals surface area (Å²) in [4.78, 5) is 14.6. The van der Waals surface area contributed by atoms with Crippen LogP contribution in [-0.2, 0) is 44.2 Å². The van der Waals surface area contributed by atoms with Crippen molar-refractivity contribution in [2.45, 2.75) is 71.2 Å². The largest absolute Gasteiger partial charge is 0.501 e. The topological polar surface area (TPSA) is 137 Å². The normalized spacial score (nSPS) is 17.6. The Balaban J connectivity index is 0.961. The van der Waals surface area contributed by atoms with E-state index in [4.69, 9.17) is 16.3 Å². The molecule has 0 aliphatic carbocycles. The van der Waals surface area contributed by atoms with Crippen LogP contribution in [0.15, 0.2) is 118 Å². The minimum absolute atomic E-state index is 0.00714. The molecule has 19 heteroatoms. The number of sulfone groups is 1. The van der Waals surface area contributed by atoms with Gasteiger partial charge in [0.15, 0.2) is 0 Å². The molecule has 0 amide bonds. The molecule has 1 atom stereocenters. The summed E-state index contributed by atoms with van der Waals surface area (Å²) in [5.74, 6) is 0.392. The molecule has 0 saturated carbocycles. The predicted octanol–water partition coefficient (Wildman–Crippen LogP) is 8.17. The molecule has 340 valence electrons. The fourth-order valence-electron chi connectivity index (χ4n) is 8.42. The number of rotatable bonds is 16. The Morgan fingerprint density at radius 3 is 2.30 bits per heavy atom. The highest BCUT2D eigenvalue weighted by molar-refractivity contribution is 7.99. The number of ether oxygens (including phenoxy) is 1. The van der Waals surface area contributed by atoms with Gasteiger partial charge in [-0.1, -0.05) is 66.2 Å². The van der Waals surface area contributed by atoms with Crippen LogP contribution >= 0.6 is 23.4 Å². The Morgan fingerprint density at radius 1 is 0.844 bits per heavy atom. The Kier molecular flexibility index (Phi) is 14.5. The first kappa shape index (κ1) is 46.3. The molecule has 3 aliphatic rings. The fourth-order valence-corrected chi connectivity index (χ4v) is 11.6. The van der Waals surface area contributed by atoms with Crippen molar-refractivity contribution in [2.24, 2.45) is 0 Å². The molecule has 2 fully saturated rings. The lowest BCUT2D eigenvalue weighted by atomic mass is 9.98. The minimum atomic E-state index is -6.01. The van der Waals surface area contributed by atoms with Crippen LogP contribution in [0.2, 0.25) is 5.02 Å². The predicted molar refractivity (Wildman–Crippen MR) is 243 cm³/mol. The number of benzene rings is 4. The zero-order valence-corrected chi connectivity index (χ0v) is 38.1. The van der Waals surface area contributed by atoms with Crippen molar-refractivity contribution in [1.82, 2.24) is 24.7 Å². The first-order chi connectivity index (χ1) is 30.7. The van der Waals surface area contributed by atoms with E-state index < -0.39 is 41.2 Å². The van der Waals surface area contributed by atoms with Gasteiger partial charge >= 0.3 is 5.51 Å². The summed E-state index contributed by atoms with van der Waals surface area (Å²) in [6.07, 6.45) is 3.47. The molecular formula is C45H49ClF3N7O5S3. The number of morpholine rings is 1. The van der Waals surface area contributed by atoms with Crippen molar-refractivity contribution < 1.29 is 34.7 Å². The number of sulfonamides is 1. The molecule has 0 spiro atoms. The number of halogens is 4. The molecule has 1 unspecified atom stereocenters. The second-order valence-electron chi connectivity index (χ2n) is 16.1. The van der Waals surface area contributed by atoms with E-state index in [0.717, 1.165) is 60.6 Å². The first-order valence-electron chi connectivity index (χ1n) is 21.1. The third-order valence-corrected chi connectivity index (χ3v) is 16.2. The number of anilines is 2. The number of fused-ring (bicyclic) bond motifs is 1. The Bertz CT molecular complexity index is 2620. The minimum Gasteiger partial charge on any atom is -0.380 e.